The molecule has 0 bridgehead atoms. The summed E-state index contributed by atoms with van der Waals surface area (Å²) in [6.45, 7) is 6.64. The molecule has 0 aliphatic carbocycles. The number of amides is 1. The Hall–Kier alpha value is -3.33. The maximum atomic E-state index is 14.5. The fourth-order valence-corrected chi connectivity index (χ4v) is 4.02. The Kier molecular flexibility index (Phi) is 5.69. The van der Waals surface area contributed by atoms with Gasteiger partial charge in [-0.1, -0.05) is 0 Å². The smallest absolute Gasteiger partial charge is 0.269 e. The summed E-state index contributed by atoms with van der Waals surface area (Å²) in [5.74, 6) is -0.639. The standard InChI is InChI=1S/C22H25FN6O2/c1-13-11-28(6-7-29(13)16-4-5-18(25-10-16)22(31)24-3)12-15-8-17(23)20-19(9-15)27-21(30)14(2)26-20/h4-5,8-10,13H,6-7,11-12H2,1-3H3,(H,24,31)(H,27,30). The van der Waals surface area contributed by atoms with E-state index in [-0.39, 0.29) is 28.7 Å². The number of aromatic amines is 1. The van der Waals surface area contributed by atoms with Gasteiger partial charge in [-0.05, 0) is 43.7 Å². The lowest BCUT2D eigenvalue weighted by Gasteiger charge is -2.41. The van der Waals surface area contributed by atoms with Gasteiger partial charge in [0.1, 0.15) is 16.9 Å². The van der Waals surface area contributed by atoms with E-state index in [1.54, 1.807) is 32.3 Å². The number of anilines is 1. The largest absolute Gasteiger partial charge is 0.365 e. The van der Waals surface area contributed by atoms with Crippen LogP contribution >= 0.6 is 0 Å². The zero-order valence-electron chi connectivity index (χ0n) is 17.8. The number of piperazine rings is 1. The van der Waals surface area contributed by atoms with Crippen LogP contribution in [0, 0.1) is 12.7 Å². The van der Waals surface area contributed by atoms with Crippen LogP contribution in [0.1, 0.15) is 28.7 Å². The summed E-state index contributed by atoms with van der Waals surface area (Å²) in [5, 5.41) is 2.57. The van der Waals surface area contributed by atoms with E-state index in [9.17, 15) is 14.0 Å². The Morgan fingerprint density at radius 3 is 2.81 bits per heavy atom. The summed E-state index contributed by atoms with van der Waals surface area (Å²) < 4.78 is 14.5. The number of rotatable bonds is 4. The quantitative estimate of drug-likeness (QED) is 0.664. The molecule has 1 aliphatic rings. The Labute approximate surface area is 179 Å². The van der Waals surface area contributed by atoms with Crippen molar-refractivity contribution >= 4 is 22.6 Å². The molecule has 162 valence electrons. The lowest BCUT2D eigenvalue weighted by Crippen LogP contribution is -2.51. The fourth-order valence-electron chi connectivity index (χ4n) is 4.02. The molecule has 31 heavy (non-hydrogen) atoms. The highest BCUT2D eigenvalue weighted by Gasteiger charge is 2.24. The van der Waals surface area contributed by atoms with Crippen LogP contribution in [0.3, 0.4) is 0 Å². The molecule has 8 nitrogen and oxygen atoms in total. The molecule has 1 unspecified atom stereocenters. The molecule has 1 fully saturated rings. The molecule has 0 radical (unpaired) electrons. The van der Waals surface area contributed by atoms with E-state index in [1.165, 1.54) is 6.07 Å². The Bertz CT molecular complexity index is 1180. The van der Waals surface area contributed by atoms with Gasteiger partial charge in [-0.3, -0.25) is 14.5 Å². The van der Waals surface area contributed by atoms with Crippen molar-refractivity contribution in [2.75, 3.05) is 31.6 Å². The zero-order valence-corrected chi connectivity index (χ0v) is 17.8. The number of nitrogens with zero attached hydrogens (tertiary/aromatic N) is 4. The molecule has 4 rings (SSSR count). The molecular formula is C22H25FN6O2. The number of nitrogens with one attached hydrogen (secondary N) is 2. The first-order valence-corrected chi connectivity index (χ1v) is 10.2. The first-order valence-electron chi connectivity index (χ1n) is 10.2. The van der Waals surface area contributed by atoms with E-state index in [0.717, 1.165) is 30.9 Å². The Morgan fingerprint density at radius 2 is 2.13 bits per heavy atom. The number of halogens is 1. The van der Waals surface area contributed by atoms with Gasteiger partial charge in [0.05, 0.1) is 17.4 Å². The van der Waals surface area contributed by atoms with Crippen LogP contribution in [0.25, 0.3) is 11.0 Å². The number of pyridine rings is 1. The maximum absolute atomic E-state index is 14.5. The molecule has 3 heterocycles. The van der Waals surface area contributed by atoms with Crippen LogP contribution in [0.4, 0.5) is 10.1 Å². The summed E-state index contributed by atoms with van der Waals surface area (Å²) in [5.41, 5.74) is 2.70. The van der Waals surface area contributed by atoms with Gasteiger partial charge in [0.25, 0.3) is 11.5 Å². The van der Waals surface area contributed by atoms with Crippen molar-refractivity contribution < 1.29 is 9.18 Å². The number of carbonyl (C=O) groups excluding carboxylic acids is 1. The third kappa shape index (κ3) is 4.27. The van der Waals surface area contributed by atoms with Gasteiger partial charge in [-0.15, -0.1) is 0 Å². The number of H-pyrrole nitrogens is 1. The molecule has 0 spiro atoms. The lowest BCUT2D eigenvalue weighted by atomic mass is 10.1. The number of benzene rings is 1. The SMILES string of the molecule is CNC(=O)c1ccc(N2CCN(Cc3cc(F)c4nc(C)c(=O)[nH]c4c3)CC2C)cn1. The summed E-state index contributed by atoms with van der Waals surface area (Å²) in [4.78, 5) is 39.1. The van der Waals surface area contributed by atoms with Crippen LogP contribution < -0.4 is 15.8 Å². The van der Waals surface area contributed by atoms with Crippen molar-refractivity contribution in [1.29, 1.82) is 0 Å². The molecule has 1 aliphatic heterocycles. The first kappa shape index (κ1) is 20.9. The van der Waals surface area contributed by atoms with Crippen LogP contribution in [-0.4, -0.2) is 58.5 Å². The molecule has 9 heteroatoms. The molecule has 1 saturated heterocycles. The lowest BCUT2D eigenvalue weighted by molar-refractivity contribution is 0.0958. The van der Waals surface area contributed by atoms with Crippen molar-refractivity contribution in [2.45, 2.75) is 26.4 Å². The molecule has 0 saturated carbocycles. The average Bonchev–Trinajstić information content (AvgIpc) is 2.75. The van der Waals surface area contributed by atoms with Gasteiger partial charge in [0, 0.05) is 39.3 Å². The van der Waals surface area contributed by atoms with Crippen LogP contribution in [-0.2, 0) is 6.54 Å². The average molecular weight is 424 g/mol. The van der Waals surface area contributed by atoms with Crippen molar-refractivity contribution in [3.05, 3.63) is 63.6 Å². The summed E-state index contributed by atoms with van der Waals surface area (Å²) >= 11 is 0. The van der Waals surface area contributed by atoms with E-state index < -0.39 is 5.82 Å². The van der Waals surface area contributed by atoms with Crippen LogP contribution in [0.2, 0.25) is 0 Å². The third-order valence-electron chi connectivity index (χ3n) is 5.64. The van der Waals surface area contributed by atoms with Gasteiger partial charge in [0.15, 0.2) is 5.82 Å². The van der Waals surface area contributed by atoms with Crippen LogP contribution in [0.5, 0.6) is 0 Å². The van der Waals surface area contributed by atoms with E-state index in [1.807, 2.05) is 6.07 Å². The second-order valence-corrected chi connectivity index (χ2v) is 7.88. The first-order chi connectivity index (χ1) is 14.9. The Morgan fingerprint density at radius 1 is 1.32 bits per heavy atom. The van der Waals surface area contributed by atoms with Gasteiger partial charge >= 0.3 is 0 Å². The Balaban J connectivity index is 1.46. The van der Waals surface area contributed by atoms with Crippen molar-refractivity contribution in [2.24, 2.45) is 0 Å². The summed E-state index contributed by atoms with van der Waals surface area (Å²) in [6, 6.07) is 7.14. The second kappa shape index (κ2) is 8.43. The van der Waals surface area contributed by atoms with Gasteiger partial charge in [-0.25, -0.2) is 14.4 Å². The highest BCUT2D eigenvalue weighted by molar-refractivity contribution is 5.92. The van der Waals surface area contributed by atoms with Crippen molar-refractivity contribution in [1.82, 2.24) is 25.2 Å². The minimum atomic E-state index is -0.430. The minimum Gasteiger partial charge on any atom is -0.365 e. The fraction of sp³-hybridized carbons (Fsp3) is 0.364. The molecule has 1 atom stereocenters. The highest BCUT2D eigenvalue weighted by atomic mass is 19.1. The summed E-state index contributed by atoms with van der Waals surface area (Å²) in [7, 11) is 1.58. The van der Waals surface area contributed by atoms with Gasteiger partial charge < -0.3 is 15.2 Å². The number of aromatic nitrogens is 3. The normalized spacial score (nSPS) is 17.2. The van der Waals surface area contributed by atoms with E-state index in [4.69, 9.17) is 0 Å². The number of fused-ring (bicyclic) bond motifs is 1. The molecule has 2 aromatic heterocycles. The predicted octanol–water partition coefficient (Wildman–Crippen LogP) is 1.84. The van der Waals surface area contributed by atoms with Crippen molar-refractivity contribution in [3.63, 3.8) is 0 Å². The number of carbonyl (C=O) groups is 1. The third-order valence-corrected chi connectivity index (χ3v) is 5.64. The van der Waals surface area contributed by atoms with Gasteiger partial charge in [-0.2, -0.15) is 0 Å². The number of hydrogen-bond donors (Lipinski definition) is 2. The number of aryl methyl sites for hydroxylation is 1. The summed E-state index contributed by atoms with van der Waals surface area (Å²) in [6.07, 6.45) is 1.72. The minimum absolute atomic E-state index is 0.187. The molecule has 2 N–H and O–H groups in total. The van der Waals surface area contributed by atoms with E-state index >= 15 is 0 Å². The van der Waals surface area contributed by atoms with E-state index in [0.29, 0.717) is 17.8 Å². The highest BCUT2D eigenvalue weighted by Crippen LogP contribution is 2.22. The molecular weight excluding hydrogens is 399 g/mol. The van der Waals surface area contributed by atoms with Crippen molar-refractivity contribution in [3.8, 4) is 0 Å². The van der Waals surface area contributed by atoms with E-state index in [2.05, 4.69) is 37.0 Å². The van der Waals surface area contributed by atoms with Crippen LogP contribution in [0.15, 0.2) is 35.3 Å². The predicted molar refractivity (Wildman–Crippen MR) is 117 cm³/mol. The maximum Gasteiger partial charge on any atom is 0.269 e. The molecule has 1 aromatic carbocycles. The monoisotopic (exact) mass is 424 g/mol. The van der Waals surface area contributed by atoms with Gasteiger partial charge in [0.2, 0.25) is 0 Å². The topological polar surface area (TPSA) is 94.2 Å². The number of hydrogen-bond acceptors (Lipinski definition) is 6. The molecule has 1 amide bonds. The molecule has 3 aromatic rings. The second-order valence-electron chi connectivity index (χ2n) is 7.88. The zero-order chi connectivity index (χ0) is 22.1.